The zero-order valence-corrected chi connectivity index (χ0v) is 7.85. The van der Waals surface area contributed by atoms with E-state index >= 15 is 0 Å². The van der Waals surface area contributed by atoms with E-state index in [2.05, 4.69) is 23.8 Å². The smallest absolute Gasteiger partial charge is 0.120 e. The van der Waals surface area contributed by atoms with E-state index in [0.29, 0.717) is 6.54 Å². The monoisotopic (exact) mass is 167 g/mol. The van der Waals surface area contributed by atoms with Crippen LogP contribution in [0.15, 0.2) is 0 Å². The first-order chi connectivity index (χ1) is 5.81. The molecule has 0 aliphatic carbocycles. The molecule has 1 rings (SSSR count). The Bertz CT molecular complexity index is 240. The molecule has 0 radical (unpaired) electrons. The van der Waals surface area contributed by atoms with Crippen LogP contribution in [0, 0.1) is 0 Å². The van der Waals surface area contributed by atoms with Gasteiger partial charge >= 0.3 is 0 Å². The van der Waals surface area contributed by atoms with E-state index in [-0.39, 0.29) is 0 Å². The maximum absolute atomic E-state index is 5.49. The van der Waals surface area contributed by atoms with Crippen molar-refractivity contribution in [3.8, 4) is 0 Å². The minimum atomic E-state index is 0.511. The summed E-state index contributed by atoms with van der Waals surface area (Å²) in [6.45, 7) is 4.80. The van der Waals surface area contributed by atoms with E-state index in [4.69, 9.17) is 5.73 Å². The summed E-state index contributed by atoms with van der Waals surface area (Å²) in [4.78, 5) is 7.63. The highest BCUT2D eigenvalue weighted by molar-refractivity contribution is 5.14. The molecule has 68 valence electrons. The number of aromatic nitrogens is 2. The van der Waals surface area contributed by atoms with Crippen LogP contribution >= 0.6 is 0 Å². The van der Waals surface area contributed by atoms with Crippen molar-refractivity contribution in [1.82, 2.24) is 9.97 Å². The Labute approximate surface area is 73.4 Å². The van der Waals surface area contributed by atoms with Crippen molar-refractivity contribution in [2.24, 2.45) is 5.73 Å². The summed E-state index contributed by atoms with van der Waals surface area (Å²) in [6, 6.07) is 0. The van der Waals surface area contributed by atoms with Gasteiger partial charge in [-0.25, -0.2) is 4.98 Å². The number of nitrogens with two attached hydrogens (primary N) is 1. The van der Waals surface area contributed by atoms with Gasteiger partial charge < -0.3 is 10.7 Å². The minimum absolute atomic E-state index is 0.511. The number of imidazole rings is 1. The lowest BCUT2D eigenvalue weighted by molar-refractivity contribution is 0.862. The van der Waals surface area contributed by atoms with Gasteiger partial charge in [0.2, 0.25) is 0 Å². The third-order valence-electron chi connectivity index (χ3n) is 1.94. The van der Waals surface area contributed by atoms with E-state index < -0.39 is 0 Å². The summed E-state index contributed by atoms with van der Waals surface area (Å²) in [6.07, 6.45) is 3.22. The average molecular weight is 167 g/mol. The van der Waals surface area contributed by atoms with Crippen LogP contribution in [0.5, 0.6) is 0 Å². The van der Waals surface area contributed by atoms with Crippen molar-refractivity contribution >= 4 is 0 Å². The van der Waals surface area contributed by atoms with Crippen molar-refractivity contribution in [1.29, 1.82) is 0 Å². The Hall–Kier alpha value is -0.830. The molecule has 0 aliphatic rings. The molecule has 0 spiro atoms. The molecule has 12 heavy (non-hydrogen) atoms. The lowest BCUT2D eigenvalue weighted by Gasteiger charge is -1.95. The van der Waals surface area contributed by atoms with Crippen LogP contribution in [0.3, 0.4) is 0 Å². The van der Waals surface area contributed by atoms with E-state index in [1.165, 1.54) is 11.4 Å². The Morgan fingerprint density at radius 2 is 2.17 bits per heavy atom. The molecule has 3 N–H and O–H groups in total. The Morgan fingerprint density at radius 3 is 2.67 bits per heavy atom. The van der Waals surface area contributed by atoms with Gasteiger partial charge in [-0.1, -0.05) is 20.3 Å². The molecule has 1 aromatic rings. The Morgan fingerprint density at radius 1 is 1.42 bits per heavy atom. The minimum Gasteiger partial charge on any atom is -0.345 e. The molecule has 1 heterocycles. The fraction of sp³-hybridized carbons (Fsp3) is 0.667. The van der Waals surface area contributed by atoms with Gasteiger partial charge in [0.25, 0.3) is 0 Å². The third kappa shape index (κ3) is 1.85. The summed E-state index contributed by atoms with van der Waals surface area (Å²) >= 11 is 0. The van der Waals surface area contributed by atoms with Gasteiger partial charge in [-0.05, 0) is 12.8 Å². The zero-order valence-electron chi connectivity index (χ0n) is 7.85. The van der Waals surface area contributed by atoms with Crippen molar-refractivity contribution in [3.63, 3.8) is 0 Å². The van der Waals surface area contributed by atoms with Gasteiger partial charge in [0.15, 0.2) is 0 Å². The Kier molecular flexibility index (Phi) is 3.29. The molecule has 3 heteroatoms. The standard InChI is InChI=1S/C9H17N3/c1-3-5-8-7(4-2)11-9(6-10)12-8/h3-6,10H2,1-2H3,(H,11,12). The number of hydrogen-bond donors (Lipinski definition) is 2. The second-order valence-corrected chi connectivity index (χ2v) is 2.92. The number of nitrogens with zero attached hydrogens (tertiary/aromatic N) is 1. The number of rotatable bonds is 4. The molecule has 0 unspecified atom stereocenters. The molecular weight excluding hydrogens is 150 g/mol. The van der Waals surface area contributed by atoms with Gasteiger partial charge in [0.05, 0.1) is 12.2 Å². The van der Waals surface area contributed by atoms with Crippen LogP contribution in [0.4, 0.5) is 0 Å². The van der Waals surface area contributed by atoms with Gasteiger partial charge in [0, 0.05) is 5.69 Å². The first-order valence-corrected chi connectivity index (χ1v) is 4.58. The molecule has 0 saturated heterocycles. The summed E-state index contributed by atoms with van der Waals surface area (Å²) in [5, 5.41) is 0. The van der Waals surface area contributed by atoms with E-state index in [1.807, 2.05) is 0 Å². The highest BCUT2D eigenvalue weighted by Crippen LogP contribution is 2.08. The van der Waals surface area contributed by atoms with Crippen LogP contribution in [-0.2, 0) is 19.4 Å². The van der Waals surface area contributed by atoms with E-state index in [1.54, 1.807) is 0 Å². The summed E-state index contributed by atoms with van der Waals surface area (Å²) in [5.74, 6) is 0.912. The fourth-order valence-electron chi connectivity index (χ4n) is 1.35. The Balaban J connectivity index is 2.84. The predicted octanol–water partition coefficient (Wildman–Crippen LogP) is 1.38. The number of aryl methyl sites for hydroxylation is 2. The normalized spacial score (nSPS) is 10.6. The van der Waals surface area contributed by atoms with Crippen LogP contribution in [-0.4, -0.2) is 9.97 Å². The molecule has 0 fully saturated rings. The fourth-order valence-corrected chi connectivity index (χ4v) is 1.35. The third-order valence-corrected chi connectivity index (χ3v) is 1.94. The second-order valence-electron chi connectivity index (χ2n) is 2.92. The van der Waals surface area contributed by atoms with Crippen molar-refractivity contribution < 1.29 is 0 Å². The number of nitrogens with one attached hydrogen (secondary N) is 1. The highest BCUT2D eigenvalue weighted by Gasteiger charge is 2.05. The van der Waals surface area contributed by atoms with Crippen molar-refractivity contribution in [2.75, 3.05) is 0 Å². The first-order valence-electron chi connectivity index (χ1n) is 4.58. The van der Waals surface area contributed by atoms with Crippen molar-refractivity contribution in [2.45, 2.75) is 39.7 Å². The molecular formula is C9H17N3. The lowest BCUT2D eigenvalue weighted by Crippen LogP contribution is -1.98. The largest absolute Gasteiger partial charge is 0.345 e. The van der Waals surface area contributed by atoms with Gasteiger partial charge in [-0.3, -0.25) is 0 Å². The molecule has 0 atom stereocenters. The predicted molar refractivity (Wildman–Crippen MR) is 49.9 cm³/mol. The topological polar surface area (TPSA) is 54.7 Å². The summed E-state index contributed by atoms with van der Waals surface area (Å²) < 4.78 is 0. The van der Waals surface area contributed by atoms with Crippen LogP contribution in [0.2, 0.25) is 0 Å². The quantitative estimate of drug-likeness (QED) is 0.712. The number of hydrogen-bond acceptors (Lipinski definition) is 2. The van der Waals surface area contributed by atoms with Crippen LogP contribution in [0.25, 0.3) is 0 Å². The maximum Gasteiger partial charge on any atom is 0.120 e. The van der Waals surface area contributed by atoms with Crippen molar-refractivity contribution in [3.05, 3.63) is 17.2 Å². The van der Waals surface area contributed by atoms with Crippen LogP contribution < -0.4 is 5.73 Å². The second kappa shape index (κ2) is 4.26. The molecule has 3 nitrogen and oxygen atoms in total. The van der Waals surface area contributed by atoms with E-state index in [0.717, 1.165) is 25.1 Å². The zero-order chi connectivity index (χ0) is 8.97. The highest BCUT2D eigenvalue weighted by atomic mass is 15.0. The molecule has 0 aromatic carbocycles. The number of H-pyrrole nitrogens is 1. The first kappa shape index (κ1) is 9.26. The van der Waals surface area contributed by atoms with Gasteiger partial charge in [-0.2, -0.15) is 0 Å². The number of aromatic amines is 1. The van der Waals surface area contributed by atoms with Crippen LogP contribution in [0.1, 0.15) is 37.5 Å². The summed E-state index contributed by atoms with van der Waals surface area (Å²) in [7, 11) is 0. The summed E-state index contributed by atoms with van der Waals surface area (Å²) in [5.41, 5.74) is 7.93. The molecule has 0 aliphatic heterocycles. The molecule has 1 aromatic heterocycles. The maximum atomic E-state index is 5.49. The molecule has 0 saturated carbocycles. The average Bonchev–Trinajstić information content (AvgIpc) is 2.48. The lowest BCUT2D eigenvalue weighted by atomic mass is 10.2. The van der Waals surface area contributed by atoms with E-state index in [9.17, 15) is 0 Å². The van der Waals surface area contributed by atoms with Gasteiger partial charge in [-0.15, -0.1) is 0 Å². The SMILES string of the molecule is CCCc1[nH]c(CN)nc1CC. The molecule has 0 bridgehead atoms. The molecule has 0 amide bonds. The van der Waals surface area contributed by atoms with Gasteiger partial charge in [0.1, 0.15) is 5.82 Å².